The van der Waals surface area contributed by atoms with Crippen LogP contribution in [0, 0.1) is 22.7 Å². The molecule has 0 aliphatic heterocycles. The average molecular weight is 569 g/mol. The lowest BCUT2D eigenvalue weighted by atomic mass is 9.96. The summed E-state index contributed by atoms with van der Waals surface area (Å²) in [5.74, 6) is 0.330. The minimum atomic E-state index is -3.88. The molecule has 2 aromatic carbocycles. The zero-order valence-electron chi connectivity index (χ0n) is 21.3. The lowest BCUT2D eigenvalue weighted by Crippen LogP contribution is -2.23. The molecular formula is C25H24N6O6S2. The highest BCUT2D eigenvalue weighted by Gasteiger charge is 2.26. The minimum Gasteiger partial charge on any atom is -0.493 e. The van der Waals surface area contributed by atoms with Crippen molar-refractivity contribution in [1.82, 2.24) is 4.98 Å². The van der Waals surface area contributed by atoms with Crippen LogP contribution < -0.4 is 30.4 Å². The second-order valence-corrected chi connectivity index (χ2v) is 10.8. The number of methoxy groups -OCH3 is 3. The van der Waals surface area contributed by atoms with Crippen molar-refractivity contribution >= 4 is 39.2 Å². The largest absolute Gasteiger partial charge is 0.493 e. The number of aromatic nitrogens is 1. The number of sulfonamides is 1. The molecule has 1 amide bonds. The van der Waals surface area contributed by atoms with E-state index in [0.29, 0.717) is 28.5 Å². The fraction of sp³-hybridized carbons (Fsp3) is 0.200. The third kappa shape index (κ3) is 6.15. The van der Waals surface area contributed by atoms with Gasteiger partial charge in [-0.3, -0.25) is 4.79 Å². The van der Waals surface area contributed by atoms with Crippen LogP contribution in [-0.4, -0.2) is 45.9 Å². The molecule has 0 spiro atoms. The lowest BCUT2D eigenvalue weighted by molar-refractivity contribution is -0.115. The summed E-state index contributed by atoms with van der Waals surface area (Å²) >= 11 is 0.961. The number of anilines is 2. The fourth-order valence-corrected chi connectivity index (χ4v) is 5.02. The molecule has 5 N–H and O–H groups in total. The number of nitrogens with two attached hydrogens (primary N) is 2. The van der Waals surface area contributed by atoms with Crippen molar-refractivity contribution in [1.29, 1.82) is 10.5 Å². The Morgan fingerprint density at radius 3 is 2.05 bits per heavy atom. The van der Waals surface area contributed by atoms with Gasteiger partial charge >= 0.3 is 0 Å². The fourth-order valence-electron chi connectivity index (χ4n) is 3.59. The highest BCUT2D eigenvalue weighted by Crippen LogP contribution is 2.44. The van der Waals surface area contributed by atoms with Crippen molar-refractivity contribution in [3.05, 3.63) is 47.5 Å². The van der Waals surface area contributed by atoms with Crippen LogP contribution >= 0.6 is 11.8 Å². The lowest BCUT2D eigenvalue weighted by Gasteiger charge is -2.18. The van der Waals surface area contributed by atoms with Crippen LogP contribution in [0.5, 0.6) is 17.2 Å². The first kappa shape index (κ1) is 29.1. The molecule has 39 heavy (non-hydrogen) atoms. The molecule has 0 aliphatic carbocycles. The van der Waals surface area contributed by atoms with Gasteiger partial charge < -0.3 is 25.3 Å². The monoisotopic (exact) mass is 568 g/mol. The Morgan fingerprint density at radius 1 is 1.03 bits per heavy atom. The van der Waals surface area contributed by atoms with Gasteiger partial charge in [-0.05, 0) is 48.9 Å². The van der Waals surface area contributed by atoms with E-state index < -0.39 is 21.2 Å². The number of pyridine rings is 1. The van der Waals surface area contributed by atoms with E-state index in [1.54, 1.807) is 19.1 Å². The van der Waals surface area contributed by atoms with Gasteiger partial charge in [-0.15, -0.1) is 0 Å². The number of nitrogens with zero attached hydrogens (tertiary/aromatic N) is 3. The van der Waals surface area contributed by atoms with Crippen LogP contribution in [0.1, 0.15) is 18.1 Å². The average Bonchev–Trinajstić information content (AvgIpc) is 2.91. The zero-order valence-corrected chi connectivity index (χ0v) is 22.9. The summed E-state index contributed by atoms with van der Waals surface area (Å²) in [6.07, 6.45) is 0. The van der Waals surface area contributed by atoms with Crippen molar-refractivity contribution in [3.63, 3.8) is 0 Å². The Labute approximate surface area is 229 Å². The van der Waals surface area contributed by atoms with Gasteiger partial charge in [-0.2, -0.15) is 10.5 Å². The predicted molar refractivity (Wildman–Crippen MR) is 145 cm³/mol. The molecule has 0 radical (unpaired) electrons. The van der Waals surface area contributed by atoms with Crippen molar-refractivity contribution in [2.75, 3.05) is 32.4 Å². The number of benzene rings is 2. The van der Waals surface area contributed by atoms with E-state index >= 15 is 0 Å². The van der Waals surface area contributed by atoms with E-state index in [-0.39, 0.29) is 32.4 Å². The quantitative estimate of drug-likeness (QED) is 0.320. The van der Waals surface area contributed by atoms with E-state index in [9.17, 15) is 23.7 Å². The molecule has 14 heteroatoms. The number of nitrogens with one attached hydrogen (secondary N) is 1. The van der Waals surface area contributed by atoms with Gasteiger partial charge in [0.15, 0.2) is 11.5 Å². The number of thioether (sulfide) groups is 1. The van der Waals surface area contributed by atoms with Crippen LogP contribution in [0.3, 0.4) is 0 Å². The van der Waals surface area contributed by atoms with Crippen molar-refractivity contribution < 1.29 is 27.4 Å². The first-order chi connectivity index (χ1) is 18.5. The Hall–Kier alpha value is -4.50. The van der Waals surface area contributed by atoms with Gasteiger partial charge in [0.25, 0.3) is 0 Å². The van der Waals surface area contributed by atoms with Crippen LogP contribution in [0.4, 0.5) is 11.5 Å². The first-order valence-electron chi connectivity index (χ1n) is 11.0. The molecule has 0 bridgehead atoms. The number of carbonyl (C=O) groups excluding carboxylic acids is 1. The number of rotatable bonds is 9. The molecule has 1 aromatic heterocycles. The van der Waals surface area contributed by atoms with E-state index in [1.165, 1.54) is 45.6 Å². The van der Waals surface area contributed by atoms with Crippen LogP contribution in [0.2, 0.25) is 0 Å². The topological polar surface area (TPSA) is 203 Å². The smallest absolute Gasteiger partial charge is 0.238 e. The maximum Gasteiger partial charge on any atom is 0.238 e. The maximum absolute atomic E-state index is 12.9. The highest BCUT2D eigenvalue weighted by molar-refractivity contribution is 8.00. The second-order valence-electron chi connectivity index (χ2n) is 7.88. The SMILES string of the molecule is COc1cc(-c2c(C#N)c(N)nc(SC(C)C(=O)Nc3ccc(S(N)(=O)=O)cc3)c2C#N)cc(OC)c1OC. The van der Waals surface area contributed by atoms with Gasteiger partial charge in [0.2, 0.25) is 21.7 Å². The minimum absolute atomic E-state index is 0.0252. The standard InChI is InChI=1S/C25H24N6O6S2/c1-13(24(32)30-15-5-7-16(8-6-15)39(29,33)34)38-25-18(12-27)21(17(11-26)23(28)31-25)14-9-19(35-2)22(37-4)20(10-14)36-3/h5-10,13H,1-4H3,(H2,28,31)(H,30,32)(H2,29,33,34). The molecular weight excluding hydrogens is 544 g/mol. The summed E-state index contributed by atoms with van der Waals surface area (Å²) < 4.78 is 39.1. The van der Waals surface area contributed by atoms with Crippen LogP contribution in [0.15, 0.2) is 46.3 Å². The summed E-state index contributed by atoms with van der Waals surface area (Å²) in [6, 6.07) is 12.6. The van der Waals surface area contributed by atoms with E-state index in [4.69, 9.17) is 25.1 Å². The Morgan fingerprint density at radius 2 is 1.59 bits per heavy atom. The molecule has 0 fully saturated rings. The number of primary sulfonamides is 1. The van der Waals surface area contributed by atoms with E-state index in [2.05, 4.69) is 16.4 Å². The molecule has 1 unspecified atom stereocenters. The normalized spacial score (nSPS) is 11.6. The molecule has 0 saturated heterocycles. The number of nitriles is 2. The number of hydrogen-bond donors (Lipinski definition) is 3. The molecule has 3 rings (SSSR count). The first-order valence-corrected chi connectivity index (χ1v) is 13.5. The molecule has 202 valence electrons. The van der Waals surface area contributed by atoms with Crippen LogP contribution in [0.25, 0.3) is 11.1 Å². The van der Waals surface area contributed by atoms with Crippen molar-refractivity contribution in [3.8, 4) is 40.5 Å². The molecule has 1 heterocycles. The summed E-state index contributed by atoms with van der Waals surface area (Å²) in [4.78, 5) is 17.0. The van der Waals surface area contributed by atoms with Crippen molar-refractivity contribution in [2.45, 2.75) is 22.1 Å². The van der Waals surface area contributed by atoms with Crippen molar-refractivity contribution in [2.24, 2.45) is 5.14 Å². The van der Waals surface area contributed by atoms with Crippen LogP contribution in [-0.2, 0) is 14.8 Å². The molecule has 3 aromatic rings. The van der Waals surface area contributed by atoms with Gasteiger partial charge in [-0.1, -0.05) is 11.8 Å². The predicted octanol–water partition coefficient (Wildman–Crippen LogP) is 2.87. The van der Waals surface area contributed by atoms with E-state index in [1.807, 2.05) is 6.07 Å². The Bertz CT molecular complexity index is 1590. The number of nitrogen functional groups attached to an aromatic ring is 1. The molecule has 0 aliphatic rings. The summed E-state index contributed by atoms with van der Waals surface area (Å²) in [5, 5.41) is 27.1. The molecule has 1 atom stereocenters. The molecule has 0 saturated carbocycles. The van der Waals surface area contributed by atoms with Gasteiger partial charge in [0, 0.05) is 11.3 Å². The summed E-state index contributed by atoms with van der Waals surface area (Å²) in [7, 11) is 0.436. The Kier molecular flexibility index (Phi) is 8.88. The number of ether oxygens (including phenoxy) is 3. The zero-order chi connectivity index (χ0) is 28.9. The van der Waals surface area contributed by atoms with Gasteiger partial charge in [0.05, 0.1) is 37.0 Å². The van der Waals surface area contributed by atoms with Gasteiger partial charge in [-0.25, -0.2) is 18.5 Å². The third-order valence-electron chi connectivity index (χ3n) is 5.48. The number of hydrogen-bond acceptors (Lipinski definition) is 11. The molecule has 12 nitrogen and oxygen atoms in total. The number of carbonyl (C=O) groups is 1. The summed E-state index contributed by atoms with van der Waals surface area (Å²) in [6.45, 7) is 1.59. The number of amides is 1. The maximum atomic E-state index is 12.9. The third-order valence-corrected chi connectivity index (χ3v) is 7.49. The van der Waals surface area contributed by atoms with Gasteiger partial charge in [0.1, 0.15) is 28.5 Å². The highest BCUT2D eigenvalue weighted by atomic mass is 32.2. The summed E-state index contributed by atoms with van der Waals surface area (Å²) in [5.41, 5.74) is 7.03. The second kappa shape index (κ2) is 11.9. The van der Waals surface area contributed by atoms with E-state index in [0.717, 1.165) is 11.8 Å². The Balaban J connectivity index is 2.03.